The lowest BCUT2D eigenvalue weighted by molar-refractivity contribution is -0.146. The normalized spacial score (nSPS) is 23.2. The SMILES string of the molecule is CC1CCN(CC(=O)N2CC3(C2)CN(c2ccc(C(C)C)cc2)C3)CC1. The average Bonchev–Trinajstić information content (AvgIpc) is 2.55. The lowest BCUT2D eigenvalue weighted by Crippen LogP contribution is -2.73. The van der Waals surface area contributed by atoms with E-state index in [9.17, 15) is 4.79 Å². The van der Waals surface area contributed by atoms with E-state index in [0.29, 0.717) is 23.8 Å². The number of benzene rings is 1. The molecule has 3 aliphatic rings. The Balaban J connectivity index is 1.22. The third-order valence-corrected chi connectivity index (χ3v) is 6.62. The Kier molecular flexibility index (Phi) is 4.72. The fraction of sp³-hybridized carbons (Fsp3) is 0.682. The minimum absolute atomic E-state index is 0.338. The summed E-state index contributed by atoms with van der Waals surface area (Å²) in [6, 6.07) is 9.00. The molecule has 4 rings (SSSR count). The van der Waals surface area contributed by atoms with E-state index < -0.39 is 0 Å². The first-order chi connectivity index (χ1) is 12.4. The third-order valence-electron chi connectivity index (χ3n) is 6.62. The summed E-state index contributed by atoms with van der Waals surface area (Å²) in [6.45, 7) is 13.7. The van der Waals surface area contributed by atoms with Crippen LogP contribution in [0, 0.1) is 11.3 Å². The van der Waals surface area contributed by atoms with Crippen molar-refractivity contribution in [2.45, 2.75) is 39.5 Å². The zero-order valence-corrected chi connectivity index (χ0v) is 16.6. The molecule has 0 unspecified atom stereocenters. The van der Waals surface area contributed by atoms with Gasteiger partial charge in [0.25, 0.3) is 0 Å². The third kappa shape index (κ3) is 3.48. The van der Waals surface area contributed by atoms with Gasteiger partial charge in [-0.1, -0.05) is 32.9 Å². The summed E-state index contributed by atoms with van der Waals surface area (Å²) < 4.78 is 0. The van der Waals surface area contributed by atoms with E-state index in [1.54, 1.807) is 0 Å². The highest BCUT2D eigenvalue weighted by Gasteiger charge is 2.53. The summed E-state index contributed by atoms with van der Waals surface area (Å²) in [4.78, 5) is 19.4. The van der Waals surface area contributed by atoms with Crippen molar-refractivity contribution in [3.8, 4) is 0 Å². The number of carbonyl (C=O) groups excluding carboxylic acids is 1. The molecule has 3 saturated heterocycles. The van der Waals surface area contributed by atoms with Crippen LogP contribution in [0.3, 0.4) is 0 Å². The van der Waals surface area contributed by atoms with Gasteiger partial charge in [-0.3, -0.25) is 9.69 Å². The second-order valence-corrected chi connectivity index (χ2v) is 9.31. The van der Waals surface area contributed by atoms with E-state index in [1.165, 1.54) is 24.1 Å². The molecule has 0 N–H and O–H groups in total. The van der Waals surface area contributed by atoms with Crippen LogP contribution in [-0.4, -0.2) is 61.5 Å². The van der Waals surface area contributed by atoms with Crippen LogP contribution in [0.1, 0.15) is 45.1 Å². The standard InChI is InChI=1S/C22H33N3O/c1-17(2)19-4-6-20(7-5-19)24-13-22(14-24)15-25(16-22)21(26)12-23-10-8-18(3)9-11-23/h4-7,17-18H,8-16H2,1-3H3. The second kappa shape index (κ2) is 6.88. The van der Waals surface area contributed by atoms with Crippen molar-refractivity contribution >= 4 is 11.6 Å². The van der Waals surface area contributed by atoms with Gasteiger partial charge in [-0.05, 0) is 55.5 Å². The first-order valence-corrected chi connectivity index (χ1v) is 10.3. The molecule has 1 aromatic rings. The number of carbonyl (C=O) groups is 1. The summed E-state index contributed by atoms with van der Waals surface area (Å²) in [5.41, 5.74) is 3.09. The first kappa shape index (κ1) is 17.8. The van der Waals surface area contributed by atoms with Crippen LogP contribution in [0.4, 0.5) is 5.69 Å². The maximum absolute atomic E-state index is 12.5. The van der Waals surface area contributed by atoms with E-state index in [2.05, 4.69) is 59.7 Å². The molecule has 3 aliphatic heterocycles. The molecule has 3 heterocycles. The van der Waals surface area contributed by atoms with Crippen molar-refractivity contribution in [1.82, 2.24) is 9.80 Å². The van der Waals surface area contributed by atoms with E-state index in [-0.39, 0.29) is 0 Å². The summed E-state index contributed by atoms with van der Waals surface area (Å²) in [6.07, 6.45) is 2.48. The van der Waals surface area contributed by atoms with Gasteiger partial charge in [0.05, 0.1) is 6.54 Å². The maximum atomic E-state index is 12.5. The lowest BCUT2D eigenvalue weighted by atomic mass is 9.72. The highest BCUT2D eigenvalue weighted by Crippen LogP contribution is 2.42. The molecule has 26 heavy (non-hydrogen) atoms. The van der Waals surface area contributed by atoms with Crippen LogP contribution in [0.25, 0.3) is 0 Å². The number of nitrogens with zero attached hydrogens (tertiary/aromatic N) is 3. The van der Waals surface area contributed by atoms with Crippen LogP contribution in [0.15, 0.2) is 24.3 Å². The van der Waals surface area contributed by atoms with Crippen molar-refractivity contribution in [3.05, 3.63) is 29.8 Å². The summed E-state index contributed by atoms with van der Waals surface area (Å²) >= 11 is 0. The van der Waals surface area contributed by atoms with Gasteiger partial charge in [0.1, 0.15) is 0 Å². The molecule has 1 amide bonds. The van der Waals surface area contributed by atoms with Gasteiger partial charge in [0, 0.05) is 37.3 Å². The fourth-order valence-corrected chi connectivity index (χ4v) is 4.67. The van der Waals surface area contributed by atoms with Crippen LogP contribution >= 0.6 is 0 Å². The molecule has 0 radical (unpaired) electrons. The summed E-state index contributed by atoms with van der Waals surface area (Å²) in [5, 5.41) is 0. The van der Waals surface area contributed by atoms with E-state index in [0.717, 1.165) is 45.2 Å². The van der Waals surface area contributed by atoms with Gasteiger partial charge in [0.15, 0.2) is 0 Å². The topological polar surface area (TPSA) is 26.8 Å². The number of anilines is 1. The number of hydrogen-bond donors (Lipinski definition) is 0. The van der Waals surface area contributed by atoms with E-state index in [4.69, 9.17) is 0 Å². The van der Waals surface area contributed by atoms with Gasteiger partial charge >= 0.3 is 0 Å². The van der Waals surface area contributed by atoms with E-state index >= 15 is 0 Å². The number of piperidine rings is 1. The predicted molar refractivity (Wildman–Crippen MR) is 107 cm³/mol. The van der Waals surface area contributed by atoms with E-state index in [1.807, 2.05) is 0 Å². The highest BCUT2D eigenvalue weighted by atomic mass is 16.2. The number of hydrogen-bond acceptors (Lipinski definition) is 3. The van der Waals surface area contributed by atoms with Gasteiger partial charge < -0.3 is 9.80 Å². The first-order valence-electron chi connectivity index (χ1n) is 10.3. The van der Waals surface area contributed by atoms with Gasteiger partial charge in [-0.15, -0.1) is 0 Å². The molecule has 0 aromatic heterocycles. The van der Waals surface area contributed by atoms with Crippen molar-refractivity contribution < 1.29 is 4.79 Å². The van der Waals surface area contributed by atoms with Crippen molar-refractivity contribution in [3.63, 3.8) is 0 Å². The maximum Gasteiger partial charge on any atom is 0.236 e. The molecule has 0 bridgehead atoms. The second-order valence-electron chi connectivity index (χ2n) is 9.31. The molecular weight excluding hydrogens is 322 g/mol. The smallest absolute Gasteiger partial charge is 0.236 e. The quantitative estimate of drug-likeness (QED) is 0.830. The zero-order chi connectivity index (χ0) is 18.3. The van der Waals surface area contributed by atoms with Gasteiger partial charge in [0.2, 0.25) is 5.91 Å². The van der Waals surface area contributed by atoms with Crippen molar-refractivity contribution in [1.29, 1.82) is 0 Å². The largest absolute Gasteiger partial charge is 0.370 e. The molecule has 0 atom stereocenters. The molecule has 3 fully saturated rings. The van der Waals surface area contributed by atoms with Crippen LogP contribution in [-0.2, 0) is 4.79 Å². The Morgan fingerprint density at radius 2 is 1.69 bits per heavy atom. The van der Waals surface area contributed by atoms with Gasteiger partial charge in [-0.2, -0.15) is 0 Å². The Bertz CT molecular complexity index is 632. The molecule has 4 heteroatoms. The van der Waals surface area contributed by atoms with Crippen molar-refractivity contribution in [2.75, 3.05) is 50.7 Å². The lowest BCUT2D eigenvalue weighted by Gasteiger charge is -2.61. The number of amides is 1. The Morgan fingerprint density at radius 3 is 2.27 bits per heavy atom. The Labute approximate surface area is 158 Å². The minimum Gasteiger partial charge on any atom is -0.370 e. The number of likely N-dealkylation sites (tertiary alicyclic amines) is 2. The monoisotopic (exact) mass is 355 g/mol. The molecule has 0 aliphatic carbocycles. The fourth-order valence-electron chi connectivity index (χ4n) is 4.67. The van der Waals surface area contributed by atoms with Gasteiger partial charge in [-0.25, -0.2) is 0 Å². The minimum atomic E-state index is 0.338. The van der Waals surface area contributed by atoms with Crippen LogP contribution in [0.5, 0.6) is 0 Å². The van der Waals surface area contributed by atoms with Crippen molar-refractivity contribution in [2.24, 2.45) is 11.3 Å². The molecule has 142 valence electrons. The molecular formula is C22H33N3O. The summed E-state index contributed by atoms with van der Waals surface area (Å²) in [5.74, 6) is 1.75. The number of rotatable bonds is 4. The average molecular weight is 356 g/mol. The van der Waals surface area contributed by atoms with Crippen LogP contribution in [0.2, 0.25) is 0 Å². The molecule has 1 spiro atoms. The van der Waals surface area contributed by atoms with Crippen LogP contribution < -0.4 is 4.90 Å². The Morgan fingerprint density at radius 1 is 1.08 bits per heavy atom. The molecule has 0 saturated carbocycles. The highest BCUT2D eigenvalue weighted by molar-refractivity contribution is 5.79. The predicted octanol–water partition coefficient (Wildman–Crippen LogP) is 3.19. The Hall–Kier alpha value is -1.55. The molecule has 1 aromatic carbocycles. The zero-order valence-electron chi connectivity index (χ0n) is 16.6. The summed E-state index contributed by atoms with van der Waals surface area (Å²) in [7, 11) is 0. The molecule has 4 nitrogen and oxygen atoms in total.